The second-order valence-corrected chi connectivity index (χ2v) is 6.94. The molecule has 0 unspecified atom stereocenters. The molecular weight excluding hydrogens is 404 g/mol. The largest absolute Gasteiger partial charge is 0.326 e. The Morgan fingerprint density at radius 1 is 1.18 bits per heavy atom. The standard InChI is InChI=1S/C18H13ClN4O4S/c1-10(24)20-12-4-2-3-11(7-12)16-9-28-18(21-16)22-17(25)14-8-13(23(26)27)5-6-15(14)19/h2-9H,1H3,(H,20,24)(H,21,22,25). The molecule has 3 rings (SSSR count). The molecule has 1 heterocycles. The van der Waals surface area contributed by atoms with Crippen LogP contribution in [-0.4, -0.2) is 21.7 Å². The molecule has 0 aliphatic carbocycles. The van der Waals surface area contributed by atoms with E-state index in [0.29, 0.717) is 16.5 Å². The number of anilines is 2. The minimum atomic E-state index is -0.601. The minimum absolute atomic E-state index is 0.0136. The lowest BCUT2D eigenvalue weighted by atomic mass is 10.1. The molecule has 28 heavy (non-hydrogen) atoms. The average Bonchev–Trinajstić information content (AvgIpc) is 3.10. The molecule has 8 nitrogen and oxygen atoms in total. The van der Waals surface area contributed by atoms with E-state index in [4.69, 9.17) is 11.6 Å². The molecule has 0 fully saturated rings. The minimum Gasteiger partial charge on any atom is -0.326 e. The fourth-order valence-electron chi connectivity index (χ4n) is 2.39. The molecule has 0 bridgehead atoms. The summed E-state index contributed by atoms with van der Waals surface area (Å²) >= 11 is 7.18. The number of thiazole rings is 1. The highest BCUT2D eigenvalue weighted by Gasteiger charge is 2.17. The predicted octanol–water partition coefficient (Wildman–Crippen LogP) is 4.58. The van der Waals surface area contributed by atoms with Crippen LogP contribution in [0.5, 0.6) is 0 Å². The Morgan fingerprint density at radius 3 is 2.68 bits per heavy atom. The van der Waals surface area contributed by atoms with E-state index in [0.717, 1.165) is 11.6 Å². The SMILES string of the molecule is CC(=O)Nc1cccc(-c2csc(NC(=O)c3cc([N+](=O)[O-])ccc3Cl)n2)c1. The van der Waals surface area contributed by atoms with Gasteiger partial charge in [-0.1, -0.05) is 23.7 Å². The number of non-ortho nitro benzene ring substituents is 1. The second-order valence-electron chi connectivity index (χ2n) is 5.68. The van der Waals surface area contributed by atoms with Crippen molar-refractivity contribution in [2.45, 2.75) is 6.92 Å². The van der Waals surface area contributed by atoms with Crippen LogP contribution < -0.4 is 10.6 Å². The van der Waals surface area contributed by atoms with Gasteiger partial charge >= 0.3 is 0 Å². The number of nitro groups is 1. The maximum atomic E-state index is 12.4. The molecule has 142 valence electrons. The van der Waals surface area contributed by atoms with Crippen LogP contribution in [0.4, 0.5) is 16.5 Å². The number of amides is 2. The van der Waals surface area contributed by atoms with Gasteiger partial charge < -0.3 is 5.32 Å². The van der Waals surface area contributed by atoms with E-state index < -0.39 is 10.8 Å². The molecule has 2 amide bonds. The van der Waals surface area contributed by atoms with Crippen LogP contribution in [0, 0.1) is 10.1 Å². The Morgan fingerprint density at radius 2 is 1.96 bits per heavy atom. The third kappa shape index (κ3) is 4.51. The van der Waals surface area contributed by atoms with Crippen molar-refractivity contribution < 1.29 is 14.5 Å². The number of nitrogens with one attached hydrogen (secondary N) is 2. The number of nitrogens with zero attached hydrogens (tertiary/aromatic N) is 2. The van der Waals surface area contributed by atoms with E-state index in [-0.39, 0.29) is 22.2 Å². The summed E-state index contributed by atoms with van der Waals surface area (Å²) in [4.78, 5) is 38.3. The highest BCUT2D eigenvalue weighted by molar-refractivity contribution is 7.14. The van der Waals surface area contributed by atoms with Crippen molar-refractivity contribution in [3.8, 4) is 11.3 Å². The van der Waals surface area contributed by atoms with Crippen LogP contribution in [0.2, 0.25) is 5.02 Å². The summed E-state index contributed by atoms with van der Waals surface area (Å²) in [5.41, 5.74) is 1.76. The number of halogens is 1. The van der Waals surface area contributed by atoms with Gasteiger partial charge in [-0.15, -0.1) is 11.3 Å². The molecule has 0 spiro atoms. The molecule has 3 aromatic rings. The van der Waals surface area contributed by atoms with Gasteiger partial charge in [0.15, 0.2) is 5.13 Å². The molecule has 0 aliphatic heterocycles. The smallest absolute Gasteiger partial charge is 0.270 e. The quantitative estimate of drug-likeness (QED) is 0.466. The summed E-state index contributed by atoms with van der Waals surface area (Å²) in [6, 6.07) is 10.8. The van der Waals surface area contributed by atoms with Crippen LogP contribution in [0.25, 0.3) is 11.3 Å². The number of benzene rings is 2. The Balaban J connectivity index is 1.80. The fraction of sp³-hybridized carbons (Fsp3) is 0.0556. The number of carbonyl (C=O) groups excluding carboxylic acids is 2. The van der Waals surface area contributed by atoms with Crippen molar-refractivity contribution >= 4 is 51.3 Å². The third-order valence-corrected chi connectivity index (χ3v) is 4.70. The Bertz CT molecular complexity index is 1080. The van der Waals surface area contributed by atoms with E-state index >= 15 is 0 Å². The van der Waals surface area contributed by atoms with Gasteiger partial charge in [0.25, 0.3) is 11.6 Å². The summed E-state index contributed by atoms with van der Waals surface area (Å²) in [6.07, 6.45) is 0. The van der Waals surface area contributed by atoms with Crippen molar-refractivity contribution in [1.29, 1.82) is 0 Å². The molecule has 0 aliphatic rings. The third-order valence-electron chi connectivity index (χ3n) is 3.61. The zero-order valence-electron chi connectivity index (χ0n) is 14.4. The average molecular weight is 417 g/mol. The summed E-state index contributed by atoms with van der Waals surface area (Å²) in [7, 11) is 0. The first-order valence-corrected chi connectivity index (χ1v) is 9.18. The van der Waals surface area contributed by atoms with Crippen LogP contribution in [-0.2, 0) is 4.79 Å². The molecule has 10 heteroatoms. The number of hydrogen-bond donors (Lipinski definition) is 2. The molecule has 0 radical (unpaired) electrons. The highest BCUT2D eigenvalue weighted by Crippen LogP contribution is 2.28. The van der Waals surface area contributed by atoms with E-state index in [2.05, 4.69) is 15.6 Å². The Hall–Kier alpha value is -3.30. The van der Waals surface area contributed by atoms with E-state index in [9.17, 15) is 19.7 Å². The van der Waals surface area contributed by atoms with Crippen molar-refractivity contribution in [1.82, 2.24) is 4.98 Å². The maximum Gasteiger partial charge on any atom is 0.270 e. The van der Waals surface area contributed by atoms with Crippen molar-refractivity contribution in [3.63, 3.8) is 0 Å². The van der Waals surface area contributed by atoms with Crippen LogP contribution in [0.1, 0.15) is 17.3 Å². The first-order chi connectivity index (χ1) is 13.3. The highest BCUT2D eigenvalue weighted by atomic mass is 35.5. The lowest BCUT2D eigenvalue weighted by Gasteiger charge is -2.05. The van der Waals surface area contributed by atoms with Crippen LogP contribution in [0.15, 0.2) is 47.8 Å². The number of hydrogen-bond acceptors (Lipinski definition) is 6. The number of aromatic nitrogens is 1. The van der Waals surface area contributed by atoms with Crippen molar-refractivity contribution in [3.05, 3.63) is 68.5 Å². The number of rotatable bonds is 5. The van der Waals surface area contributed by atoms with Gasteiger partial charge in [-0.25, -0.2) is 4.98 Å². The van der Waals surface area contributed by atoms with Crippen molar-refractivity contribution in [2.24, 2.45) is 0 Å². The zero-order valence-corrected chi connectivity index (χ0v) is 16.0. The van der Waals surface area contributed by atoms with Gasteiger partial charge in [0.05, 0.1) is 21.2 Å². The molecule has 2 N–H and O–H groups in total. The first-order valence-electron chi connectivity index (χ1n) is 7.92. The number of carbonyl (C=O) groups is 2. The van der Waals surface area contributed by atoms with Gasteiger partial charge in [0, 0.05) is 35.7 Å². The van der Waals surface area contributed by atoms with Gasteiger partial charge in [-0.2, -0.15) is 0 Å². The molecule has 2 aromatic carbocycles. The second kappa shape index (κ2) is 8.15. The molecular formula is C18H13ClN4O4S. The fourth-order valence-corrected chi connectivity index (χ4v) is 3.31. The summed E-state index contributed by atoms with van der Waals surface area (Å²) in [5, 5.41) is 18.3. The topological polar surface area (TPSA) is 114 Å². The zero-order chi connectivity index (χ0) is 20.3. The summed E-state index contributed by atoms with van der Waals surface area (Å²) in [5.74, 6) is -0.779. The molecule has 0 saturated heterocycles. The van der Waals surface area contributed by atoms with Crippen molar-refractivity contribution in [2.75, 3.05) is 10.6 Å². The Kier molecular flexibility index (Phi) is 5.67. The van der Waals surface area contributed by atoms with E-state index in [1.54, 1.807) is 23.6 Å². The summed E-state index contributed by atoms with van der Waals surface area (Å²) in [6.45, 7) is 1.42. The van der Waals surface area contributed by atoms with E-state index in [1.165, 1.54) is 30.4 Å². The first kappa shape index (κ1) is 19.5. The lowest BCUT2D eigenvalue weighted by molar-refractivity contribution is -0.384. The molecule has 0 atom stereocenters. The predicted molar refractivity (Wildman–Crippen MR) is 108 cm³/mol. The monoisotopic (exact) mass is 416 g/mol. The maximum absolute atomic E-state index is 12.4. The number of nitro benzene ring substituents is 1. The van der Waals surface area contributed by atoms with Crippen LogP contribution >= 0.6 is 22.9 Å². The normalized spacial score (nSPS) is 10.4. The van der Waals surface area contributed by atoms with Crippen LogP contribution in [0.3, 0.4) is 0 Å². The van der Waals surface area contributed by atoms with Gasteiger partial charge in [0.1, 0.15) is 0 Å². The Labute approximate surface area is 168 Å². The summed E-state index contributed by atoms with van der Waals surface area (Å²) < 4.78 is 0. The van der Waals surface area contributed by atoms with Gasteiger partial charge in [-0.3, -0.25) is 25.0 Å². The van der Waals surface area contributed by atoms with Gasteiger partial charge in [-0.05, 0) is 18.2 Å². The molecule has 1 aromatic heterocycles. The lowest BCUT2D eigenvalue weighted by Crippen LogP contribution is -2.12. The van der Waals surface area contributed by atoms with E-state index in [1.807, 2.05) is 6.07 Å². The van der Waals surface area contributed by atoms with Gasteiger partial charge in [0.2, 0.25) is 5.91 Å². The molecule has 0 saturated carbocycles.